The van der Waals surface area contributed by atoms with E-state index >= 15 is 0 Å². The van der Waals surface area contributed by atoms with Gasteiger partial charge in [-0.05, 0) is 40.2 Å². The van der Waals surface area contributed by atoms with Crippen molar-refractivity contribution in [2.24, 2.45) is 0 Å². The lowest BCUT2D eigenvalue weighted by Gasteiger charge is -2.24. The normalized spacial score (nSPS) is 11.9. The molecule has 1 aromatic rings. The summed E-state index contributed by atoms with van der Waals surface area (Å²) in [5.74, 6) is 5.76. The monoisotopic (exact) mass is 302 g/mol. The third-order valence-corrected chi connectivity index (χ3v) is 2.93. The highest BCUT2D eigenvalue weighted by atomic mass is 16.5. The Labute approximate surface area is 131 Å². The number of amides is 1. The molecule has 0 bridgehead atoms. The number of Topliss-reactive ketones (excluding diaryl/α,β-unsaturated/α-hetero) is 1. The number of nitrogens with zero attached hydrogens (tertiary/aromatic N) is 1. The number of carbonyl (C=O) groups excluding carboxylic acids is 2. The summed E-state index contributed by atoms with van der Waals surface area (Å²) in [6.07, 6.45) is 2.78. The van der Waals surface area contributed by atoms with Crippen molar-refractivity contribution in [2.75, 3.05) is 0 Å². The molecule has 0 aliphatic carbocycles. The molecule has 118 valence electrons. The van der Waals surface area contributed by atoms with Crippen LogP contribution >= 0.6 is 0 Å². The summed E-state index contributed by atoms with van der Waals surface area (Å²) in [5, 5.41) is 2.84. The van der Waals surface area contributed by atoms with Gasteiger partial charge in [0.25, 0.3) is 5.91 Å². The van der Waals surface area contributed by atoms with Gasteiger partial charge in [0.05, 0.1) is 11.7 Å². The van der Waals surface area contributed by atoms with Gasteiger partial charge in [-0.25, -0.2) is 0 Å². The number of hydrogen-bond acceptors (Lipinski definition) is 4. The Morgan fingerprint density at radius 2 is 2.09 bits per heavy atom. The lowest BCUT2D eigenvalue weighted by atomic mass is 10.1. The van der Waals surface area contributed by atoms with Crippen LogP contribution in [0.1, 0.15) is 51.4 Å². The van der Waals surface area contributed by atoms with Gasteiger partial charge in [-0.1, -0.05) is 12.8 Å². The molecule has 5 heteroatoms. The number of ketones is 1. The van der Waals surface area contributed by atoms with Crippen molar-refractivity contribution in [3.63, 3.8) is 0 Å². The molecule has 1 N–H and O–H groups in total. The van der Waals surface area contributed by atoms with Crippen molar-refractivity contribution in [1.82, 2.24) is 10.3 Å². The molecule has 0 saturated heterocycles. The summed E-state index contributed by atoms with van der Waals surface area (Å²) in [7, 11) is 0. The first-order chi connectivity index (χ1) is 10.3. The van der Waals surface area contributed by atoms with Crippen LogP contribution in [0.4, 0.5) is 0 Å². The fourth-order valence-electron chi connectivity index (χ4n) is 1.89. The molecular weight excluding hydrogens is 280 g/mol. The highest BCUT2D eigenvalue weighted by molar-refractivity contribution is 5.94. The van der Waals surface area contributed by atoms with Gasteiger partial charge in [0.2, 0.25) is 0 Å². The Kier molecular flexibility index (Phi) is 6.11. The molecule has 1 unspecified atom stereocenters. The van der Waals surface area contributed by atoms with Crippen molar-refractivity contribution < 1.29 is 14.3 Å². The zero-order valence-electron chi connectivity index (χ0n) is 13.7. The molecule has 0 fully saturated rings. The van der Waals surface area contributed by atoms with Crippen molar-refractivity contribution in [1.29, 1.82) is 0 Å². The minimum atomic E-state index is -0.665. The first kappa shape index (κ1) is 17.7. The maximum atomic E-state index is 12.3. The van der Waals surface area contributed by atoms with Gasteiger partial charge >= 0.3 is 0 Å². The predicted octanol–water partition coefficient (Wildman–Crippen LogP) is 2.36. The van der Waals surface area contributed by atoms with Crippen LogP contribution in [0.5, 0.6) is 5.75 Å². The van der Waals surface area contributed by atoms with Crippen LogP contribution in [0.3, 0.4) is 0 Å². The standard InChI is InChI=1S/C17H22N2O3/c1-6-8-17(4,5)19-16(21)15(7-2)22-14-9-13(12(3)20)10-18-11-14/h9-11,15H,7H2,1-5H3,(H,19,21). The molecule has 1 rings (SSSR count). The second kappa shape index (κ2) is 7.60. The Bertz CT molecular complexity index is 612. The van der Waals surface area contributed by atoms with E-state index in [1.54, 1.807) is 13.0 Å². The highest BCUT2D eigenvalue weighted by Crippen LogP contribution is 2.15. The Morgan fingerprint density at radius 3 is 2.64 bits per heavy atom. The average Bonchev–Trinajstić information content (AvgIpc) is 2.44. The van der Waals surface area contributed by atoms with E-state index in [4.69, 9.17) is 4.74 Å². The summed E-state index contributed by atoms with van der Waals surface area (Å²) in [6.45, 7) is 8.68. The molecule has 0 saturated carbocycles. The quantitative estimate of drug-likeness (QED) is 0.647. The molecule has 0 aliphatic rings. The Hall–Kier alpha value is -2.35. The van der Waals surface area contributed by atoms with Gasteiger partial charge in [-0.2, -0.15) is 0 Å². The minimum absolute atomic E-state index is 0.102. The van der Waals surface area contributed by atoms with Crippen molar-refractivity contribution >= 4 is 11.7 Å². The van der Waals surface area contributed by atoms with Crippen LogP contribution in [0.15, 0.2) is 18.5 Å². The summed E-state index contributed by atoms with van der Waals surface area (Å²) in [5.41, 5.74) is -0.174. The Balaban J connectivity index is 2.84. The van der Waals surface area contributed by atoms with Crippen molar-refractivity contribution in [3.8, 4) is 17.6 Å². The van der Waals surface area contributed by atoms with E-state index in [1.165, 1.54) is 19.3 Å². The zero-order chi connectivity index (χ0) is 16.8. The van der Waals surface area contributed by atoms with Crippen molar-refractivity contribution in [3.05, 3.63) is 24.0 Å². The molecule has 22 heavy (non-hydrogen) atoms. The number of ether oxygens (including phenoxy) is 1. The first-order valence-electron chi connectivity index (χ1n) is 7.17. The van der Waals surface area contributed by atoms with E-state index in [0.29, 0.717) is 17.7 Å². The first-order valence-corrected chi connectivity index (χ1v) is 7.17. The number of rotatable bonds is 6. The Morgan fingerprint density at radius 1 is 1.41 bits per heavy atom. The SMILES string of the molecule is CC#CC(C)(C)NC(=O)C(CC)Oc1cncc(C(C)=O)c1. The molecule has 0 aromatic carbocycles. The van der Waals surface area contributed by atoms with E-state index < -0.39 is 11.6 Å². The minimum Gasteiger partial charge on any atom is -0.479 e. The van der Waals surface area contributed by atoms with E-state index in [1.807, 2.05) is 20.8 Å². The van der Waals surface area contributed by atoms with Crippen LogP contribution in [0.2, 0.25) is 0 Å². The molecule has 1 amide bonds. The van der Waals surface area contributed by atoms with E-state index in [2.05, 4.69) is 22.1 Å². The second-order valence-corrected chi connectivity index (χ2v) is 5.47. The summed E-state index contributed by atoms with van der Waals surface area (Å²) in [4.78, 5) is 27.6. The van der Waals surface area contributed by atoms with Crippen LogP contribution < -0.4 is 10.1 Å². The highest BCUT2D eigenvalue weighted by Gasteiger charge is 2.25. The fourth-order valence-corrected chi connectivity index (χ4v) is 1.89. The van der Waals surface area contributed by atoms with Gasteiger partial charge in [0, 0.05) is 11.8 Å². The topological polar surface area (TPSA) is 68.3 Å². The van der Waals surface area contributed by atoms with Gasteiger partial charge in [-0.3, -0.25) is 14.6 Å². The van der Waals surface area contributed by atoms with Crippen LogP contribution in [-0.2, 0) is 4.79 Å². The lowest BCUT2D eigenvalue weighted by molar-refractivity contribution is -0.129. The fraction of sp³-hybridized carbons (Fsp3) is 0.471. The van der Waals surface area contributed by atoms with Crippen LogP contribution in [0, 0.1) is 11.8 Å². The summed E-state index contributed by atoms with van der Waals surface area (Å²) < 4.78 is 5.67. The third-order valence-electron chi connectivity index (χ3n) is 2.93. The average molecular weight is 302 g/mol. The van der Waals surface area contributed by atoms with Crippen LogP contribution in [0.25, 0.3) is 0 Å². The van der Waals surface area contributed by atoms with Crippen molar-refractivity contribution in [2.45, 2.75) is 52.7 Å². The zero-order valence-corrected chi connectivity index (χ0v) is 13.7. The van der Waals surface area contributed by atoms with Gasteiger partial charge in [0.15, 0.2) is 11.9 Å². The number of hydrogen-bond donors (Lipinski definition) is 1. The summed E-state index contributed by atoms with van der Waals surface area (Å²) >= 11 is 0. The number of carbonyl (C=O) groups is 2. The lowest BCUT2D eigenvalue weighted by Crippen LogP contribution is -2.48. The molecule has 1 heterocycles. The molecule has 1 atom stereocenters. The number of pyridine rings is 1. The second-order valence-electron chi connectivity index (χ2n) is 5.47. The maximum absolute atomic E-state index is 12.3. The molecule has 1 aromatic heterocycles. The maximum Gasteiger partial charge on any atom is 0.262 e. The third kappa shape index (κ3) is 5.21. The van der Waals surface area contributed by atoms with E-state index in [-0.39, 0.29) is 11.7 Å². The molecular formula is C17H22N2O3. The van der Waals surface area contributed by atoms with Crippen LogP contribution in [-0.4, -0.2) is 28.3 Å². The number of nitrogens with one attached hydrogen (secondary N) is 1. The molecule has 0 radical (unpaired) electrons. The predicted molar refractivity (Wildman–Crippen MR) is 84.6 cm³/mol. The molecule has 5 nitrogen and oxygen atoms in total. The number of aromatic nitrogens is 1. The molecule has 0 spiro atoms. The van der Waals surface area contributed by atoms with Gasteiger partial charge < -0.3 is 10.1 Å². The van der Waals surface area contributed by atoms with Gasteiger partial charge in [-0.15, -0.1) is 5.92 Å². The smallest absolute Gasteiger partial charge is 0.262 e. The molecule has 0 aliphatic heterocycles. The van der Waals surface area contributed by atoms with E-state index in [0.717, 1.165) is 0 Å². The summed E-state index contributed by atoms with van der Waals surface area (Å²) in [6, 6.07) is 1.59. The van der Waals surface area contributed by atoms with E-state index in [9.17, 15) is 9.59 Å². The van der Waals surface area contributed by atoms with Gasteiger partial charge in [0.1, 0.15) is 5.75 Å². The largest absolute Gasteiger partial charge is 0.479 e.